The molecule has 0 aliphatic carbocycles. The summed E-state index contributed by atoms with van der Waals surface area (Å²) < 4.78 is 0. The van der Waals surface area contributed by atoms with Gasteiger partial charge in [-0.05, 0) is 30.3 Å². The molecule has 1 aromatic carbocycles. The van der Waals surface area contributed by atoms with E-state index in [-0.39, 0.29) is 5.69 Å². The fraction of sp³-hybridized carbons (Fsp3) is 0. The van der Waals surface area contributed by atoms with E-state index in [2.05, 4.69) is 19.9 Å². The molecule has 112 valence electrons. The molecule has 0 saturated heterocycles. The zero-order chi connectivity index (χ0) is 15.8. The van der Waals surface area contributed by atoms with E-state index >= 15 is 0 Å². The standard InChI is InChI=1S/C16H11N5O2/c22-21(23)10-5-6-11-14(9-10)20-16(13-4-2-8-18-13)15(19-11)12-3-1-7-17-12/h1-9,17-18H. The normalized spacial score (nSPS) is 11.0. The lowest BCUT2D eigenvalue weighted by Gasteiger charge is -2.07. The summed E-state index contributed by atoms with van der Waals surface area (Å²) in [4.78, 5) is 26.0. The maximum atomic E-state index is 11.0. The van der Waals surface area contributed by atoms with Crippen molar-refractivity contribution in [3.05, 3.63) is 65.0 Å². The van der Waals surface area contributed by atoms with Crippen molar-refractivity contribution in [1.82, 2.24) is 19.9 Å². The van der Waals surface area contributed by atoms with Crippen molar-refractivity contribution in [1.29, 1.82) is 0 Å². The smallest absolute Gasteiger partial charge is 0.271 e. The highest BCUT2D eigenvalue weighted by molar-refractivity contribution is 5.85. The Morgan fingerprint density at radius 1 is 0.870 bits per heavy atom. The molecule has 0 amide bonds. The van der Waals surface area contributed by atoms with E-state index in [9.17, 15) is 10.1 Å². The zero-order valence-electron chi connectivity index (χ0n) is 11.9. The SMILES string of the molecule is O=[N+]([O-])c1ccc2nc(-c3ccc[nH]3)c(-c3ccc[nH]3)nc2c1. The molecule has 0 spiro atoms. The Kier molecular flexibility index (Phi) is 2.90. The number of nitro benzene ring substituents is 1. The van der Waals surface area contributed by atoms with Crippen LogP contribution in [-0.4, -0.2) is 24.9 Å². The van der Waals surface area contributed by atoms with Crippen molar-refractivity contribution in [2.75, 3.05) is 0 Å². The second-order valence-electron chi connectivity index (χ2n) is 5.02. The molecule has 2 N–H and O–H groups in total. The molecular weight excluding hydrogens is 294 g/mol. The summed E-state index contributed by atoms with van der Waals surface area (Å²) in [5.74, 6) is 0. The highest BCUT2D eigenvalue weighted by Crippen LogP contribution is 2.30. The maximum absolute atomic E-state index is 11.0. The van der Waals surface area contributed by atoms with Crippen LogP contribution in [0.1, 0.15) is 0 Å². The average Bonchev–Trinajstić information content (AvgIpc) is 3.26. The van der Waals surface area contributed by atoms with Crippen LogP contribution in [0.25, 0.3) is 33.8 Å². The van der Waals surface area contributed by atoms with Gasteiger partial charge in [0.25, 0.3) is 5.69 Å². The van der Waals surface area contributed by atoms with E-state index in [1.165, 1.54) is 12.1 Å². The second-order valence-corrected chi connectivity index (χ2v) is 5.02. The third kappa shape index (κ3) is 2.24. The number of nitro groups is 1. The maximum Gasteiger partial charge on any atom is 0.271 e. The summed E-state index contributed by atoms with van der Waals surface area (Å²) in [7, 11) is 0. The molecule has 0 aliphatic rings. The number of non-ortho nitro benzene ring substituents is 1. The van der Waals surface area contributed by atoms with Crippen molar-refractivity contribution in [3.8, 4) is 22.8 Å². The molecule has 7 heteroatoms. The minimum atomic E-state index is -0.436. The van der Waals surface area contributed by atoms with Crippen molar-refractivity contribution in [2.24, 2.45) is 0 Å². The van der Waals surface area contributed by atoms with Gasteiger partial charge in [0.2, 0.25) is 0 Å². The first kappa shape index (κ1) is 13.2. The van der Waals surface area contributed by atoms with Gasteiger partial charge in [0.05, 0.1) is 27.3 Å². The first-order valence-corrected chi connectivity index (χ1v) is 6.96. The van der Waals surface area contributed by atoms with Crippen LogP contribution in [0.15, 0.2) is 54.9 Å². The minimum Gasteiger partial charge on any atom is -0.360 e. The van der Waals surface area contributed by atoms with E-state index in [0.717, 1.165) is 11.4 Å². The number of benzene rings is 1. The Balaban J connectivity index is 2.02. The number of aromatic amines is 2. The third-order valence-electron chi connectivity index (χ3n) is 3.56. The molecule has 0 bridgehead atoms. The Hall–Kier alpha value is -3.48. The molecule has 0 fully saturated rings. The van der Waals surface area contributed by atoms with Crippen LogP contribution in [0.3, 0.4) is 0 Å². The first-order valence-electron chi connectivity index (χ1n) is 6.96. The van der Waals surface area contributed by atoms with Gasteiger partial charge in [-0.3, -0.25) is 10.1 Å². The molecule has 3 heterocycles. The number of nitrogens with zero attached hydrogens (tertiary/aromatic N) is 3. The predicted octanol–water partition coefficient (Wildman–Crippen LogP) is 3.53. The zero-order valence-corrected chi connectivity index (χ0v) is 11.9. The molecule has 3 aromatic heterocycles. The van der Waals surface area contributed by atoms with Crippen LogP contribution >= 0.6 is 0 Å². The van der Waals surface area contributed by atoms with Gasteiger partial charge in [-0.1, -0.05) is 0 Å². The molecule has 23 heavy (non-hydrogen) atoms. The Morgan fingerprint density at radius 3 is 2.00 bits per heavy atom. The number of fused-ring (bicyclic) bond motifs is 1. The average molecular weight is 305 g/mol. The second kappa shape index (κ2) is 5.06. The van der Waals surface area contributed by atoms with E-state index in [4.69, 9.17) is 0 Å². The molecule has 7 nitrogen and oxygen atoms in total. The van der Waals surface area contributed by atoms with Crippen LogP contribution < -0.4 is 0 Å². The number of rotatable bonds is 3. The monoisotopic (exact) mass is 305 g/mol. The number of H-pyrrole nitrogens is 2. The molecule has 4 rings (SSSR count). The van der Waals surface area contributed by atoms with E-state index < -0.39 is 4.92 Å². The topological polar surface area (TPSA) is 100 Å². The van der Waals surface area contributed by atoms with Crippen molar-refractivity contribution in [3.63, 3.8) is 0 Å². The van der Waals surface area contributed by atoms with Crippen LogP contribution in [0.4, 0.5) is 5.69 Å². The van der Waals surface area contributed by atoms with Gasteiger partial charge in [0, 0.05) is 24.5 Å². The van der Waals surface area contributed by atoms with Gasteiger partial charge in [0.1, 0.15) is 11.4 Å². The predicted molar refractivity (Wildman–Crippen MR) is 85.8 cm³/mol. The third-order valence-corrected chi connectivity index (χ3v) is 3.56. The van der Waals surface area contributed by atoms with Gasteiger partial charge < -0.3 is 9.97 Å². The Bertz CT molecular complexity index is 991. The fourth-order valence-corrected chi connectivity index (χ4v) is 2.49. The summed E-state index contributed by atoms with van der Waals surface area (Å²) >= 11 is 0. The molecule has 0 radical (unpaired) electrons. The summed E-state index contributed by atoms with van der Waals surface area (Å²) in [6.07, 6.45) is 3.61. The minimum absolute atomic E-state index is 0.00291. The van der Waals surface area contributed by atoms with Crippen LogP contribution in [0, 0.1) is 10.1 Å². The Labute approximate surface area is 130 Å². The van der Waals surface area contributed by atoms with Gasteiger partial charge >= 0.3 is 0 Å². The van der Waals surface area contributed by atoms with Crippen molar-refractivity contribution < 1.29 is 4.92 Å². The van der Waals surface area contributed by atoms with Gasteiger partial charge in [0.15, 0.2) is 0 Å². The Morgan fingerprint density at radius 2 is 1.48 bits per heavy atom. The quantitative estimate of drug-likeness (QED) is 0.446. The molecular formula is C16H11N5O2. The lowest BCUT2D eigenvalue weighted by molar-refractivity contribution is -0.384. The lowest BCUT2D eigenvalue weighted by Crippen LogP contribution is -1.97. The summed E-state index contributed by atoms with van der Waals surface area (Å²) in [5.41, 5.74) is 4.06. The fourth-order valence-electron chi connectivity index (χ4n) is 2.49. The highest BCUT2D eigenvalue weighted by Gasteiger charge is 2.16. The van der Waals surface area contributed by atoms with Gasteiger partial charge in [-0.2, -0.15) is 0 Å². The van der Waals surface area contributed by atoms with Gasteiger partial charge in [-0.15, -0.1) is 0 Å². The summed E-state index contributed by atoms with van der Waals surface area (Å²) in [6, 6.07) is 12.0. The van der Waals surface area contributed by atoms with Crippen LogP contribution in [0.2, 0.25) is 0 Å². The van der Waals surface area contributed by atoms with Crippen LogP contribution in [-0.2, 0) is 0 Å². The molecule has 0 unspecified atom stereocenters. The first-order chi connectivity index (χ1) is 11.2. The summed E-state index contributed by atoms with van der Waals surface area (Å²) in [5, 5.41) is 11.0. The largest absolute Gasteiger partial charge is 0.360 e. The van der Waals surface area contributed by atoms with Crippen molar-refractivity contribution >= 4 is 16.7 Å². The number of hydrogen-bond acceptors (Lipinski definition) is 4. The number of aromatic nitrogens is 4. The molecule has 0 saturated carbocycles. The van der Waals surface area contributed by atoms with Gasteiger partial charge in [-0.25, -0.2) is 9.97 Å². The van der Waals surface area contributed by atoms with Crippen LogP contribution in [0.5, 0.6) is 0 Å². The lowest BCUT2D eigenvalue weighted by atomic mass is 10.1. The van der Waals surface area contributed by atoms with E-state index in [1.54, 1.807) is 12.3 Å². The molecule has 4 aromatic rings. The van der Waals surface area contributed by atoms with E-state index in [0.29, 0.717) is 22.4 Å². The van der Waals surface area contributed by atoms with E-state index in [1.807, 2.05) is 30.5 Å². The van der Waals surface area contributed by atoms with Crippen molar-refractivity contribution in [2.45, 2.75) is 0 Å². The summed E-state index contributed by atoms with van der Waals surface area (Å²) in [6.45, 7) is 0. The number of hydrogen-bond donors (Lipinski definition) is 2. The molecule has 0 atom stereocenters. The number of nitrogens with one attached hydrogen (secondary N) is 2. The molecule has 0 aliphatic heterocycles. The highest BCUT2D eigenvalue weighted by atomic mass is 16.6.